The fourth-order valence-electron chi connectivity index (χ4n) is 2.65. The molecule has 0 unspecified atom stereocenters. The molecule has 1 atom stereocenters. The van der Waals surface area contributed by atoms with Crippen LogP contribution in [0.15, 0.2) is 6.07 Å². The van der Waals surface area contributed by atoms with E-state index in [1.165, 1.54) is 17.4 Å². The van der Waals surface area contributed by atoms with Gasteiger partial charge in [0.25, 0.3) is 5.91 Å². The molecule has 1 aliphatic rings. The molecule has 0 radical (unpaired) electrons. The second-order valence-corrected chi connectivity index (χ2v) is 7.60. The molecule has 0 saturated heterocycles. The van der Waals surface area contributed by atoms with Crippen LogP contribution in [0.1, 0.15) is 33.9 Å². The maximum absolute atomic E-state index is 12.3. The zero-order valence-electron chi connectivity index (χ0n) is 13.2. The van der Waals surface area contributed by atoms with Crippen molar-refractivity contribution in [3.63, 3.8) is 0 Å². The number of aromatic nitrogens is 2. The van der Waals surface area contributed by atoms with Crippen molar-refractivity contribution in [3.8, 4) is 0 Å². The van der Waals surface area contributed by atoms with E-state index in [0.29, 0.717) is 28.8 Å². The van der Waals surface area contributed by atoms with Crippen molar-refractivity contribution in [2.75, 3.05) is 11.9 Å². The summed E-state index contributed by atoms with van der Waals surface area (Å²) >= 11 is 13.1. The van der Waals surface area contributed by atoms with Crippen LogP contribution in [-0.2, 0) is 17.6 Å². The van der Waals surface area contributed by atoms with Crippen LogP contribution >= 0.6 is 34.5 Å². The number of nitrogens with two attached hydrogens (primary N) is 1. The predicted molar refractivity (Wildman–Crippen MR) is 98.5 cm³/mol. The normalized spacial score (nSPS) is 16.4. The molecule has 0 aromatic carbocycles. The number of carbonyl (C=O) groups excluding carboxylic acids is 2. The molecule has 1 aliphatic carbocycles. The van der Waals surface area contributed by atoms with Crippen LogP contribution in [0, 0.1) is 0 Å². The summed E-state index contributed by atoms with van der Waals surface area (Å²) in [6, 6.07) is 1.50. The second kappa shape index (κ2) is 7.74. The van der Waals surface area contributed by atoms with Gasteiger partial charge in [-0.2, -0.15) is 0 Å². The minimum absolute atomic E-state index is 0.00565. The van der Waals surface area contributed by atoms with E-state index in [2.05, 4.69) is 20.6 Å². The Balaban J connectivity index is 1.62. The third-order valence-corrected chi connectivity index (χ3v) is 5.59. The lowest BCUT2D eigenvalue weighted by molar-refractivity contribution is -0.116. The average Bonchev–Trinajstić information content (AvgIpc) is 3.10. The van der Waals surface area contributed by atoms with Crippen molar-refractivity contribution < 1.29 is 9.59 Å². The summed E-state index contributed by atoms with van der Waals surface area (Å²) < 4.78 is 0. The molecule has 10 heteroatoms. The quantitative estimate of drug-likeness (QED) is 0.615. The van der Waals surface area contributed by atoms with E-state index >= 15 is 0 Å². The Morgan fingerprint density at radius 1 is 1.44 bits per heavy atom. The minimum Gasteiger partial charge on any atom is -0.348 e. The lowest BCUT2D eigenvalue weighted by Gasteiger charge is -2.22. The predicted octanol–water partition coefficient (Wildman–Crippen LogP) is 2.35. The van der Waals surface area contributed by atoms with Crippen LogP contribution in [0.5, 0.6) is 0 Å². The average molecular weight is 402 g/mol. The van der Waals surface area contributed by atoms with Crippen molar-refractivity contribution in [2.24, 2.45) is 5.73 Å². The van der Waals surface area contributed by atoms with Gasteiger partial charge in [0.1, 0.15) is 10.8 Å². The number of nitrogens with zero attached hydrogens (tertiary/aromatic N) is 1. The maximum Gasteiger partial charge on any atom is 0.268 e. The molecular formula is C15H17Cl2N5O2S. The molecule has 2 aromatic rings. The standard InChI is InChI=1S/C15H17Cl2N5O2S/c16-8-6-10(20-13(8)17)14(24)19-7-1-2-9-11(5-7)25-15(21-9)22-12(23)3-4-18/h6-7,20H,1-5,18H2,(H,19,24)(H,21,22,23)/t7-/m0/s1. The fraction of sp³-hybridized carbons (Fsp3) is 0.400. The number of nitrogens with one attached hydrogen (secondary N) is 3. The van der Waals surface area contributed by atoms with E-state index in [-0.39, 0.29) is 29.4 Å². The first-order valence-electron chi connectivity index (χ1n) is 7.79. The van der Waals surface area contributed by atoms with E-state index < -0.39 is 0 Å². The van der Waals surface area contributed by atoms with Crippen molar-refractivity contribution in [3.05, 3.63) is 32.5 Å². The molecule has 0 aliphatic heterocycles. The van der Waals surface area contributed by atoms with Crippen molar-refractivity contribution >= 4 is 51.5 Å². The molecule has 25 heavy (non-hydrogen) atoms. The highest BCUT2D eigenvalue weighted by Crippen LogP contribution is 2.30. The maximum atomic E-state index is 12.3. The highest BCUT2D eigenvalue weighted by molar-refractivity contribution is 7.15. The van der Waals surface area contributed by atoms with E-state index in [4.69, 9.17) is 28.9 Å². The number of aryl methyl sites for hydroxylation is 1. The smallest absolute Gasteiger partial charge is 0.268 e. The summed E-state index contributed by atoms with van der Waals surface area (Å²) in [5.74, 6) is -0.387. The SMILES string of the molecule is NCCC(=O)Nc1nc2c(s1)C[C@@H](NC(=O)c1cc(Cl)c(Cl)[nH]1)CC2. The Morgan fingerprint density at radius 2 is 2.24 bits per heavy atom. The highest BCUT2D eigenvalue weighted by Gasteiger charge is 2.25. The van der Waals surface area contributed by atoms with E-state index in [9.17, 15) is 9.59 Å². The molecule has 5 N–H and O–H groups in total. The largest absolute Gasteiger partial charge is 0.348 e. The summed E-state index contributed by atoms with van der Waals surface area (Å²) in [4.78, 5) is 32.2. The molecule has 0 fully saturated rings. The number of thiazole rings is 1. The first kappa shape index (κ1) is 18.2. The number of fused-ring (bicyclic) bond motifs is 1. The van der Waals surface area contributed by atoms with Gasteiger partial charge in [-0.05, 0) is 18.9 Å². The number of H-pyrrole nitrogens is 1. The topological polar surface area (TPSA) is 113 Å². The van der Waals surface area contributed by atoms with Gasteiger partial charge in [0, 0.05) is 30.3 Å². The third kappa shape index (κ3) is 4.33. The molecule has 134 valence electrons. The first-order chi connectivity index (χ1) is 12.0. The molecular weight excluding hydrogens is 385 g/mol. The van der Waals surface area contributed by atoms with Gasteiger partial charge in [0.2, 0.25) is 5.91 Å². The second-order valence-electron chi connectivity index (χ2n) is 5.73. The Morgan fingerprint density at radius 3 is 2.92 bits per heavy atom. The molecule has 3 rings (SSSR count). The zero-order valence-corrected chi connectivity index (χ0v) is 15.5. The number of amides is 2. The number of anilines is 1. The summed E-state index contributed by atoms with van der Waals surface area (Å²) in [6.45, 7) is 0.303. The molecule has 0 spiro atoms. The van der Waals surface area contributed by atoms with Gasteiger partial charge in [-0.15, -0.1) is 11.3 Å². The van der Waals surface area contributed by atoms with Crippen LogP contribution in [0.3, 0.4) is 0 Å². The lowest BCUT2D eigenvalue weighted by atomic mass is 9.97. The summed E-state index contributed by atoms with van der Waals surface area (Å²) in [7, 11) is 0. The summed E-state index contributed by atoms with van der Waals surface area (Å²) in [5, 5.41) is 6.88. The van der Waals surface area contributed by atoms with Gasteiger partial charge >= 0.3 is 0 Å². The van der Waals surface area contributed by atoms with Gasteiger partial charge in [0.05, 0.1) is 10.7 Å². The molecule has 2 amide bonds. The Kier molecular flexibility index (Phi) is 5.63. The first-order valence-corrected chi connectivity index (χ1v) is 9.37. The van der Waals surface area contributed by atoms with E-state index in [0.717, 1.165) is 23.4 Å². The van der Waals surface area contributed by atoms with Crippen molar-refractivity contribution in [2.45, 2.75) is 31.7 Å². The Hall–Kier alpha value is -1.61. The van der Waals surface area contributed by atoms with Gasteiger partial charge < -0.3 is 21.4 Å². The van der Waals surface area contributed by atoms with Crippen LogP contribution in [0.2, 0.25) is 10.2 Å². The Bertz CT molecular complexity index is 784. The van der Waals surface area contributed by atoms with Gasteiger partial charge in [-0.1, -0.05) is 23.2 Å². The molecule has 0 bridgehead atoms. The molecule has 2 heterocycles. The van der Waals surface area contributed by atoms with Crippen molar-refractivity contribution in [1.82, 2.24) is 15.3 Å². The summed E-state index contributed by atoms with van der Waals surface area (Å²) in [6.07, 6.45) is 2.47. The van der Waals surface area contributed by atoms with E-state index in [1.807, 2.05) is 0 Å². The number of rotatable bonds is 5. The third-order valence-electron chi connectivity index (χ3n) is 3.86. The number of aromatic amines is 1. The number of hydrogen-bond acceptors (Lipinski definition) is 5. The van der Waals surface area contributed by atoms with Crippen LogP contribution in [-0.4, -0.2) is 34.4 Å². The lowest BCUT2D eigenvalue weighted by Crippen LogP contribution is -2.38. The number of hydrogen-bond donors (Lipinski definition) is 4. The van der Waals surface area contributed by atoms with Crippen LogP contribution < -0.4 is 16.4 Å². The minimum atomic E-state index is -0.247. The van der Waals surface area contributed by atoms with Gasteiger partial charge in [0.15, 0.2) is 5.13 Å². The number of carbonyl (C=O) groups is 2. The van der Waals surface area contributed by atoms with Gasteiger partial charge in [-0.25, -0.2) is 4.98 Å². The van der Waals surface area contributed by atoms with E-state index in [1.54, 1.807) is 0 Å². The molecule has 2 aromatic heterocycles. The van der Waals surface area contributed by atoms with Crippen LogP contribution in [0.4, 0.5) is 5.13 Å². The number of halogens is 2. The monoisotopic (exact) mass is 401 g/mol. The zero-order chi connectivity index (χ0) is 18.0. The van der Waals surface area contributed by atoms with Crippen LogP contribution in [0.25, 0.3) is 0 Å². The fourth-order valence-corrected chi connectivity index (χ4v) is 4.07. The van der Waals surface area contributed by atoms with Crippen molar-refractivity contribution in [1.29, 1.82) is 0 Å². The molecule has 7 nitrogen and oxygen atoms in total. The Labute approximate surface area is 158 Å². The van der Waals surface area contributed by atoms with Gasteiger partial charge in [-0.3, -0.25) is 9.59 Å². The summed E-state index contributed by atoms with van der Waals surface area (Å²) in [5.41, 5.74) is 6.68. The highest BCUT2D eigenvalue weighted by atomic mass is 35.5. The molecule has 0 saturated carbocycles.